The maximum absolute atomic E-state index is 10.8. The van der Waals surface area contributed by atoms with E-state index in [1.165, 1.54) is 24.6 Å². The zero-order chi connectivity index (χ0) is 12.5. The molecule has 1 aromatic carbocycles. The lowest BCUT2D eigenvalue weighted by Crippen LogP contribution is -2.40. The maximum atomic E-state index is 10.8. The summed E-state index contributed by atoms with van der Waals surface area (Å²) < 4.78 is 0. The van der Waals surface area contributed by atoms with E-state index in [1.54, 1.807) is 0 Å². The number of fused-ring (bicyclic) bond motifs is 2. The number of piperidine rings is 1. The van der Waals surface area contributed by atoms with E-state index in [1.807, 2.05) is 6.07 Å². The van der Waals surface area contributed by atoms with Gasteiger partial charge in [-0.2, -0.15) is 0 Å². The normalized spacial score (nSPS) is 26.2. The number of hydrogen-bond donors (Lipinski definition) is 1. The van der Waals surface area contributed by atoms with Crippen LogP contribution in [0.1, 0.15) is 25.7 Å². The molecule has 2 unspecified atom stereocenters. The molecule has 2 bridgehead atoms. The third-order valence-corrected chi connectivity index (χ3v) is 4.00. The van der Waals surface area contributed by atoms with Gasteiger partial charge in [-0.1, -0.05) is 23.8 Å². The number of carbonyl (C=O) groups is 1. The van der Waals surface area contributed by atoms with Crippen molar-refractivity contribution in [3.05, 3.63) is 42.0 Å². The number of benzene rings is 1. The molecule has 3 nitrogen and oxygen atoms in total. The maximum Gasteiger partial charge on any atom is 0.328 e. The molecule has 0 saturated carbocycles. The molecule has 94 valence electrons. The Morgan fingerprint density at radius 3 is 2.33 bits per heavy atom. The van der Waals surface area contributed by atoms with Crippen molar-refractivity contribution in [2.24, 2.45) is 0 Å². The number of rotatable bonds is 2. The molecule has 2 aliphatic rings. The third kappa shape index (κ3) is 2.01. The van der Waals surface area contributed by atoms with E-state index >= 15 is 0 Å². The standard InChI is InChI=1S/C15H17NO2/c17-15(18)10-11-8-13-6-7-14(9-11)16(13)12-4-2-1-3-5-12/h1-5,10,13-14H,6-9H2,(H,17,18). The molecule has 1 N–H and O–H groups in total. The average Bonchev–Trinajstić information content (AvgIpc) is 2.62. The first-order chi connectivity index (χ1) is 8.74. The van der Waals surface area contributed by atoms with E-state index < -0.39 is 5.97 Å². The second-order valence-electron chi connectivity index (χ2n) is 5.18. The van der Waals surface area contributed by atoms with Crippen molar-refractivity contribution in [3.63, 3.8) is 0 Å². The predicted octanol–water partition coefficient (Wildman–Crippen LogP) is 2.83. The monoisotopic (exact) mass is 243 g/mol. The predicted molar refractivity (Wildman–Crippen MR) is 70.7 cm³/mol. The Bertz CT molecular complexity index is 465. The summed E-state index contributed by atoms with van der Waals surface area (Å²) >= 11 is 0. The van der Waals surface area contributed by atoms with Crippen LogP contribution in [0.5, 0.6) is 0 Å². The fourth-order valence-corrected chi connectivity index (χ4v) is 3.36. The summed E-state index contributed by atoms with van der Waals surface area (Å²) in [5.74, 6) is -0.808. The smallest absolute Gasteiger partial charge is 0.328 e. The number of aliphatic carboxylic acids is 1. The molecule has 0 radical (unpaired) electrons. The van der Waals surface area contributed by atoms with E-state index in [9.17, 15) is 4.79 Å². The minimum Gasteiger partial charge on any atom is -0.478 e. The molecule has 2 saturated heterocycles. The molecule has 3 heteroatoms. The van der Waals surface area contributed by atoms with E-state index in [0.29, 0.717) is 12.1 Å². The second-order valence-corrected chi connectivity index (χ2v) is 5.18. The van der Waals surface area contributed by atoms with Gasteiger partial charge in [0.2, 0.25) is 0 Å². The van der Waals surface area contributed by atoms with Crippen LogP contribution >= 0.6 is 0 Å². The molecule has 0 aliphatic carbocycles. The highest BCUT2D eigenvalue weighted by molar-refractivity contribution is 5.80. The minimum atomic E-state index is -0.808. The Kier molecular flexibility index (Phi) is 2.82. The highest BCUT2D eigenvalue weighted by Gasteiger charge is 2.38. The van der Waals surface area contributed by atoms with Crippen LogP contribution in [0.15, 0.2) is 42.0 Å². The molecule has 0 spiro atoms. The van der Waals surface area contributed by atoms with Crippen LogP contribution in [0.25, 0.3) is 0 Å². The van der Waals surface area contributed by atoms with Crippen LogP contribution in [0.4, 0.5) is 5.69 Å². The van der Waals surface area contributed by atoms with Gasteiger partial charge in [0, 0.05) is 23.8 Å². The fourth-order valence-electron chi connectivity index (χ4n) is 3.36. The van der Waals surface area contributed by atoms with Gasteiger partial charge >= 0.3 is 5.97 Å². The highest BCUT2D eigenvalue weighted by Crippen LogP contribution is 2.41. The van der Waals surface area contributed by atoms with Crippen molar-refractivity contribution in [3.8, 4) is 0 Å². The van der Waals surface area contributed by atoms with Gasteiger partial charge in [-0.3, -0.25) is 0 Å². The Morgan fingerprint density at radius 1 is 1.17 bits per heavy atom. The number of carboxylic acids is 1. The quantitative estimate of drug-likeness (QED) is 0.812. The Balaban J connectivity index is 1.84. The number of para-hydroxylation sites is 1. The summed E-state index contributed by atoms with van der Waals surface area (Å²) in [6.45, 7) is 0. The molecule has 0 amide bonds. The van der Waals surface area contributed by atoms with Crippen LogP contribution < -0.4 is 4.90 Å². The molecule has 2 fully saturated rings. The van der Waals surface area contributed by atoms with Crippen LogP contribution in [0.2, 0.25) is 0 Å². The van der Waals surface area contributed by atoms with Crippen LogP contribution in [0, 0.1) is 0 Å². The van der Waals surface area contributed by atoms with Gasteiger partial charge in [-0.25, -0.2) is 4.79 Å². The number of hydrogen-bond acceptors (Lipinski definition) is 2. The van der Waals surface area contributed by atoms with Gasteiger partial charge in [-0.05, 0) is 37.8 Å². The SMILES string of the molecule is O=C(O)C=C1CC2CCC(C1)N2c1ccccc1. The lowest BCUT2D eigenvalue weighted by atomic mass is 9.95. The van der Waals surface area contributed by atoms with E-state index in [-0.39, 0.29) is 0 Å². The number of carboxylic acid groups (broad SMARTS) is 1. The van der Waals surface area contributed by atoms with Crippen molar-refractivity contribution >= 4 is 11.7 Å². The first-order valence-corrected chi connectivity index (χ1v) is 6.50. The van der Waals surface area contributed by atoms with Crippen molar-refractivity contribution in [1.29, 1.82) is 0 Å². The summed E-state index contributed by atoms with van der Waals surface area (Å²) in [5.41, 5.74) is 2.38. The second kappa shape index (κ2) is 4.48. The molecule has 2 atom stereocenters. The largest absolute Gasteiger partial charge is 0.478 e. The van der Waals surface area contributed by atoms with Crippen molar-refractivity contribution in [1.82, 2.24) is 0 Å². The zero-order valence-electron chi connectivity index (χ0n) is 10.2. The molecular formula is C15H17NO2. The van der Waals surface area contributed by atoms with Gasteiger partial charge in [-0.15, -0.1) is 0 Å². The average molecular weight is 243 g/mol. The Hall–Kier alpha value is -1.77. The van der Waals surface area contributed by atoms with Gasteiger partial charge in [0.1, 0.15) is 0 Å². The van der Waals surface area contributed by atoms with Gasteiger partial charge in [0.05, 0.1) is 0 Å². The summed E-state index contributed by atoms with van der Waals surface area (Å²) in [4.78, 5) is 13.2. The Morgan fingerprint density at radius 2 is 1.78 bits per heavy atom. The summed E-state index contributed by atoms with van der Waals surface area (Å²) in [6, 6.07) is 11.4. The molecule has 1 aromatic rings. The topological polar surface area (TPSA) is 40.5 Å². The minimum absolute atomic E-state index is 0.483. The molecule has 2 aliphatic heterocycles. The lowest BCUT2D eigenvalue weighted by molar-refractivity contribution is -0.131. The van der Waals surface area contributed by atoms with Crippen LogP contribution in [-0.2, 0) is 4.79 Å². The van der Waals surface area contributed by atoms with E-state index in [2.05, 4.69) is 29.2 Å². The van der Waals surface area contributed by atoms with Gasteiger partial charge in [0.25, 0.3) is 0 Å². The van der Waals surface area contributed by atoms with Crippen molar-refractivity contribution in [2.45, 2.75) is 37.8 Å². The summed E-state index contributed by atoms with van der Waals surface area (Å²) in [7, 11) is 0. The van der Waals surface area contributed by atoms with Gasteiger partial charge in [0.15, 0.2) is 0 Å². The van der Waals surface area contributed by atoms with Crippen molar-refractivity contribution < 1.29 is 9.90 Å². The molecule has 2 heterocycles. The van der Waals surface area contributed by atoms with Gasteiger partial charge < -0.3 is 10.0 Å². The fraction of sp³-hybridized carbons (Fsp3) is 0.400. The van der Waals surface area contributed by atoms with E-state index in [4.69, 9.17) is 5.11 Å². The van der Waals surface area contributed by atoms with Crippen LogP contribution in [-0.4, -0.2) is 23.2 Å². The van der Waals surface area contributed by atoms with E-state index in [0.717, 1.165) is 18.4 Å². The summed E-state index contributed by atoms with van der Waals surface area (Å²) in [6.07, 6.45) is 5.57. The van der Waals surface area contributed by atoms with Crippen LogP contribution in [0.3, 0.4) is 0 Å². The lowest BCUT2D eigenvalue weighted by Gasteiger charge is -2.38. The number of anilines is 1. The first kappa shape index (κ1) is 11.3. The molecule has 3 rings (SSSR count). The first-order valence-electron chi connectivity index (χ1n) is 6.50. The van der Waals surface area contributed by atoms with Crippen molar-refractivity contribution in [2.75, 3.05) is 4.90 Å². The number of nitrogens with zero attached hydrogens (tertiary/aromatic N) is 1. The Labute approximate surface area is 107 Å². The zero-order valence-corrected chi connectivity index (χ0v) is 10.2. The highest BCUT2D eigenvalue weighted by atomic mass is 16.4. The molecule has 18 heavy (non-hydrogen) atoms. The summed E-state index contributed by atoms with van der Waals surface area (Å²) in [5, 5.41) is 8.85. The molecular weight excluding hydrogens is 226 g/mol. The third-order valence-electron chi connectivity index (χ3n) is 4.00. The molecule has 0 aromatic heterocycles.